The molecule has 424 valence electrons. The van der Waals surface area contributed by atoms with Gasteiger partial charge in [-0.25, -0.2) is 4.79 Å². The number of nitrogens with one attached hydrogen (secondary N) is 8. The Bertz CT molecular complexity index is 2510. The topological polar surface area (TPSA) is 326 Å². The molecular formula is C53H78N10O13S. The number of fused-ring (bicyclic) bond motifs is 1. The fourth-order valence-corrected chi connectivity index (χ4v) is 11.0. The fourth-order valence-electron chi connectivity index (χ4n) is 10.6. The summed E-state index contributed by atoms with van der Waals surface area (Å²) in [5.74, 6) is -5.15. The Morgan fingerprint density at radius 1 is 0.896 bits per heavy atom. The molecule has 4 aliphatic rings. The number of epoxide rings is 2. The van der Waals surface area contributed by atoms with Gasteiger partial charge in [0.15, 0.2) is 0 Å². The highest BCUT2D eigenvalue weighted by Gasteiger charge is 2.72. The first-order valence-corrected chi connectivity index (χ1v) is 27.8. The van der Waals surface area contributed by atoms with E-state index in [0.29, 0.717) is 43.6 Å². The monoisotopic (exact) mass is 1090 g/mol. The van der Waals surface area contributed by atoms with Crippen LogP contribution in [0, 0.1) is 11.8 Å². The second-order valence-corrected chi connectivity index (χ2v) is 22.3. The van der Waals surface area contributed by atoms with E-state index in [2.05, 4.69) is 55.2 Å². The normalized spacial score (nSPS) is 24.8. The number of primary amides is 1. The Morgan fingerprint density at radius 3 is 2.29 bits per heavy atom. The van der Waals surface area contributed by atoms with E-state index in [-0.39, 0.29) is 43.7 Å². The maximum atomic E-state index is 14.0. The zero-order valence-electron chi connectivity index (χ0n) is 45.4. The molecular weight excluding hydrogens is 1020 g/mol. The van der Waals surface area contributed by atoms with Gasteiger partial charge in [-0.15, -0.1) is 0 Å². The average molecular weight is 1100 g/mol. The predicted octanol–water partition coefficient (Wildman–Crippen LogP) is 0.980. The molecule has 0 unspecified atom stereocenters. The number of allylic oxidation sites excluding steroid dienone is 1. The standard InChI is InChI=1S/C53H78N10O13S/c1-29(2)15-16-40-52(6,76-40)45-44(73-7)39(17-19-53(45)28-74-53)75-51(72)58-27-43(66)63-20-11-14-38(63)50(71)62-36(22-30(3)4)47(68)57-26-42(65)60-35(18-21-77-8)48(69)61-37(23-32-24-55-34-13-10-9-12-33(32)34)49(70)59-31(5)46(67)56-25-41(54)64/h9-10,12-13,15,24,30-31,35-40,44-45,55H,11,14,16-23,25-28H2,1-8H3,(H2,54,64)(H,56,67)(H,57,68)(H,58,72)(H,59,70)(H,60,65)(H,61,69)(H,62,71)/t31-,35-,36-,37-,38-,39+,40+,44+,45+,52+,53-/m0/s1. The van der Waals surface area contributed by atoms with Crippen LogP contribution in [0.1, 0.15) is 92.1 Å². The Kier molecular flexibility index (Phi) is 20.9. The van der Waals surface area contributed by atoms with Crippen molar-refractivity contribution in [2.45, 2.75) is 153 Å². The van der Waals surface area contributed by atoms with Crippen molar-refractivity contribution in [1.29, 1.82) is 0 Å². The van der Waals surface area contributed by atoms with Crippen molar-refractivity contribution in [2.75, 3.05) is 51.9 Å². The summed E-state index contributed by atoms with van der Waals surface area (Å²) in [4.78, 5) is 124. The summed E-state index contributed by atoms with van der Waals surface area (Å²) in [7, 11) is 1.58. The third-order valence-electron chi connectivity index (χ3n) is 14.7. The van der Waals surface area contributed by atoms with Gasteiger partial charge in [-0.3, -0.25) is 38.4 Å². The highest BCUT2D eigenvalue weighted by Crippen LogP contribution is 2.59. The Morgan fingerprint density at radius 2 is 1.61 bits per heavy atom. The third-order valence-corrected chi connectivity index (χ3v) is 15.3. The lowest BCUT2D eigenvalue weighted by molar-refractivity contribution is -0.139. The lowest BCUT2D eigenvalue weighted by Crippen LogP contribution is -2.58. The number of ether oxygens (including phenoxy) is 4. The number of para-hydroxylation sites is 1. The van der Waals surface area contributed by atoms with Crippen molar-refractivity contribution < 1.29 is 62.1 Å². The van der Waals surface area contributed by atoms with E-state index >= 15 is 0 Å². The number of nitrogens with two attached hydrogens (primary N) is 1. The molecule has 4 heterocycles. The van der Waals surface area contributed by atoms with E-state index in [9.17, 15) is 43.2 Å². The summed E-state index contributed by atoms with van der Waals surface area (Å²) in [6, 6.07) is 1.85. The second kappa shape index (κ2) is 26.9. The van der Waals surface area contributed by atoms with E-state index in [1.807, 2.05) is 58.2 Å². The molecule has 10 N–H and O–H groups in total. The maximum absolute atomic E-state index is 14.0. The van der Waals surface area contributed by atoms with Gasteiger partial charge in [0, 0.05) is 37.2 Å². The van der Waals surface area contributed by atoms with Gasteiger partial charge in [0.2, 0.25) is 47.3 Å². The van der Waals surface area contributed by atoms with Crippen LogP contribution in [0.4, 0.5) is 4.79 Å². The van der Waals surface area contributed by atoms with Gasteiger partial charge in [-0.2, -0.15) is 11.8 Å². The van der Waals surface area contributed by atoms with E-state index in [4.69, 9.17) is 24.7 Å². The number of rotatable bonds is 27. The number of amides is 9. The first-order valence-electron chi connectivity index (χ1n) is 26.4. The number of likely N-dealkylation sites (tertiary alicyclic amines) is 1. The number of H-pyrrole nitrogens is 1. The fraction of sp³-hybridized carbons (Fsp3) is 0.642. The minimum atomic E-state index is -1.23. The van der Waals surface area contributed by atoms with E-state index < -0.39 is 127 Å². The van der Waals surface area contributed by atoms with Crippen LogP contribution in [-0.4, -0.2) is 175 Å². The number of benzene rings is 1. The van der Waals surface area contributed by atoms with Crippen molar-refractivity contribution in [3.8, 4) is 0 Å². The molecule has 0 radical (unpaired) electrons. The summed E-state index contributed by atoms with van der Waals surface area (Å²) < 4.78 is 24.2. The van der Waals surface area contributed by atoms with Crippen LogP contribution in [0.5, 0.6) is 0 Å². The number of nitrogens with zero attached hydrogens (tertiary/aromatic N) is 1. The lowest BCUT2D eigenvalue weighted by Gasteiger charge is -2.42. The Balaban J connectivity index is 1.02. The zero-order chi connectivity index (χ0) is 56.2. The van der Waals surface area contributed by atoms with Crippen LogP contribution in [0.2, 0.25) is 0 Å². The summed E-state index contributed by atoms with van der Waals surface area (Å²) in [5, 5.41) is 19.1. The molecule has 1 spiro atoms. The van der Waals surface area contributed by atoms with Gasteiger partial charge in [0.25, 0.3) is 0 Å². The molecule has 0 bridgehead atoms. The smallest absolute Gasteiger partial charge is 0.407 e. The minimum Gasteiger partial charge on any atom is -0.443 e. The Hall–Kier alpha value is -6.24. The van der Waals surface area contributed by atoms with Crippen molar-refractivity contribution in [2.24, 2.45) is 17.6 Å². The van der Waals surface area contributed by atoms with Crippen LogP contribution < -0.4 is 43.0 Å². The molecule has 1 aromatic carbocycles. The SMILES string of the molecule is CO[C@@H]1[C@H](OC(=O)NCC(=O)N2CCC[C@H]2C(=O)N[C@@H](CC(C)C)C(=O)NCC(=O)N[C@@H](CCSC)C(=O)N[C@@H](Cc2c[nH]c3ccccc23)C(=O)N[C@@H](C)C(=O)NCC(N)=O)CC[C@]2(CO2)[C@H]1[C@]1(C)O[C@@H]1CC=C(C)C. The van der Waals surface area contributed by atoms with Crippen LogP contribution in [0.15, 0.2) is 42.1 Å². The van der Waals surface area contributed by atoms with Crippen LogP contribution >= 0.6 is 11.8 Å². The lowest BCUT2D eigenvalue weighted by atomic mass is 9.68. The molecule has 3 aliphatic heterocycles. The van der Waals surface area contributed by atoms with Crippen molar-refractivity contribution in [3.05, 3.63) is 47.7 Å². The summed E-state index contributed by atoms with van der Waals surface area (Å²) in [5.41, 5.74) is 6.89. The molecule has 1 aromatic heterocycles. The molecule has 4 fully saturated rings. The number of thioether (sulfide) groups is 1. The van der Waals surface area contributed by atoms with Gasteiger partial charge in [-0.05, 0) is 102 Å². The third kappa shape index (κ3) is 15.9. The number of aromatic amines is 1. The first-order chi connectivity index (χ1) is 36.6. The van der Waals surface area contributed by atoms with Crippen LogP contribution in [0.25, 0.3) is 10.9 Å². The minimum absolute atomic E-state index is 0.000133. The number of alkyl carbamates (subject to hydrolysis) is 1. The average Bonchev–Trinajstić information content (AvgIpc) is 4.22. The molecule has 23 nitrogen and oxygen atoms in total. The van der Waals surface area contributed by atoms with E-state index in [1.54, 1.807) is 13.3 Å². The highest BCUT2D eigenvalue weighted by atomic mass is 32.2. The second-order valence-electron chi connectivity index (χ2n) is 21.3. The first kappa shape index (κ1) is 60.0. The molecule has 2 aromatic rings. The number of methoxy groups -OCH3 is 1. The molecule has 6 rings (SSSR count). The maximum Gasteiger partial charge on any atom is 0.407 e. The molecule has 77 heavy (non-hydrogen) atoms. The van der Waals surface area contributed by atoms with Gasteiger partial charge in [0.05, 0.1) is 31.7 Å². The molecule has 9 amide bonds. The van der Waals surface area contributed by atoms with Gasteiger partial charge < -0.3 is 71.8 Å². The molecule has 3 saturated heterocycles. The largest absolute Gasteiger partial charge is 0.443 e. The molecule has 1 aliphatic carbocycles. The predicted molar refractivity (Wildman–Crippen MR) is 286 cm³/mol. The summed E-state index contributed by atoms with van der Waals surface area (Å²) in [6.45, 7) is 10.6. The molecule has 1 saturated carbocycles. The van der Waals surface area contributed by atoms with Gasteiger partial charge in [0.1, 0.15) is 60.2 Å². The van der Waals surface area contributed by atoms with Crippen molar-refractivity contribution in [1.82, 2.24) is 47.1 Å². The molecule has 24 heteroatoms. The van der Waals surface area contributed by atoms with Gasteiger partial charge >= 0.3 is 6.09 Å². The van der Waals surface area contributed by atoms with E-state index in [0.717, 1.165) is 17.3 Å². The number of carbonyl (C=O) groups excluding carboxylic acids is 9. The summed E-state index contributed by atoms with van der Waals surface area (Å²) in [6.07, 6.45) is 6.74. The number of hydrogen-bond donors (Lipinski definition) is 9. The zero-order valence-corrected chi connectivity index (χ0v) is 46.2. The van der Waals surface area contributed by atoms with Crippen molar-refractivity contribution >= 4 is 76.0 Å². The number of hydrogen-bond acceptors (Lipinski definition) is 14. The Labute approximate surface area is 453 Å². The van der Waals surface area contributed by atoms with Crippen LogP contribution in [0.3, 0.4) is 0 Å². The van der Waals surface area contributed by atoms with Crippen molar-refractivity contribution in [3.63, 3.8) is 0 Å². The number of aromatic nitrogens is 1. The van der Waals surface area contributed by atoms with Gasteiger partial charge in [-0.1, -0.05) is 43.7 Å². The quantitative estimate of drug-likeness (QED) is 0.0445. The number of carbonyl (C=O) groups is 9. The van der Waals surface area contributed by atoms with E-state index in [1.165, 1.54) is 29.2 Å². The highest BCUT2D eigenvalue weighted by molar-refractivity contribution is 7.98. The summed E-state index contributed by atoms with van der Waals surface area (Å²) >= 11 is 1.42. The molecule has 11 atom stereocenters. The van der Waals surface area contributed by atoms with Crippen LogP contribution in [-0.2, 0) is 63.7 Å².